The van der Waals surface area contributed by atoms with Crippen LogP contribution in [0.4, 0.5) is 10.6 Å². The van der Waals surface area contributed by atoms with Gasteiger partial charge in [-0.25, -0.2) is 9.78 Å². The molecule has 0 saturated heterocycles. The van der Waals surface area contributed by atoms with E-state index in [9.17, 15) is 4.79 Å². The van der Waals surface area contributed by atoms with Crippen molar-refractivity contribution >= 4 is 11.9 Å². The van der Waals surface area contributed by atoms with E-state index in [0.29, 0.717) is 5.82 Å². The second kappa shape index (κ2) is 6.00. The Hall–Kier alpha value is -2.36. The zero-order valence-electron chi connectivity index (χ0n) is 11.0. The average molecular weight is 256 g/mol. The molecule has 1 aromatic carbocycles. The van der Waals surface area contributed by atoms with Crippen LogP contribution in [0.25, 0.3) is 0 Å². The number of amides is 1. The molecule has 0 N–H and O–H groups in total. The van der Waals surface area contributed by atoms with Crippen LogP contribution >= 0.6 is 0 Å². The van der Waals surface area contributed by atoms with E-state index in [1.165, 1.54) is 4.90 Å². The van der Waals surface area contributed by atoms with Crippen molar-refractivity contribution in [2.24, 2.45) is 0 Å². The highest BCUT2D eigenvalue weighted by Gasteiger charge is 2.13. The molecule has 0 atom stereocenters. The number of ether oxygens (including phenoxy) is 1. The third-order valence-electron chi connectivity index (χ3n) is 2.70. The molecule has 0 spiro atoms. The van der Waals surface area contributed by atoms with Crippen LogP contribution in [0.15, 0.2) is 48.5 Å². The van der Waals surface area contributed by atoms with E-state index < -0.39 is 6.09 Å². The maximum Gasteiger partial charge on any atom is 0.415 e. The van der Waals surface area contributed by atoms with E-state index >= 15 is 0 Å². The number of carbonyl (C=O) groups is 1. The highest BCUT2D eigenvalue weighted by atomic mass is 16.6. The molecule has 1 aromatic heterocycles. The fraction of sp³-hybridized carbons (Fsp3) is 0.200. The smallest absolute Gasteiger partial charge is 0.415 e. The molecule has 0 aliphatic carbocycles. The van der Waals surface area contributed by atoms with Crippen LogP contribution in [0.1, 0.15) is 11.3 Å². The van der Waals surface area contributed by atoms with Crippen molar-refractivity contribution in [3.05, 3.63) is 59.8 Å². The van der Waals surface area contributed by atoms with Crippen molar-refractivity contribution in [2.45, 2.75) is 13.5 Å². The zero-order valence-corrected chi connectivity index (χ0v) is 11.0. The van der Waals surface area contributed by atoms with Crippen LogP contribution in [-0.4, -0.2) is 18.1 Å². The van der Waals surface area contributed by atoms with E-state index in [0.717, 1.165) is 11.3 Å². The molecule has 0 bridgehead atoms. The Balaban J connectivity index is 1.96. The number of aryl methyl sites for hydroxylation is 1. The number of carbonyl (C=O) groups excluding carboxylic acids is 1. The molecule has 2 aromatic rings. The largest absolute Gasteiger partial charge is 0.444 e. The van der Waals surface area contributed by atoms with Crippen LogP contribution in [0, 0.1) is 6.92 Å². The van der Waals surface area contributed by atoms with Crippen LogP contribution in [-0.2, 0) is 11.3 Å². The number of benzene rings is 1. The maximum atomic E-state index is 11.9. The third-order valence-corrected chi connectivity index (χ3v) is 2.70. The lowest BCUT2D eigenvalue weighted by Crippen LogP contribution is -2.27. The lowest BCUT2D eigenvalue weighted by Gasteiger charge is -2.16. The summed E-state index contributed by atoms with van der Waals surface area (Å²) in [5, 5.41) is 0. The second-order valence-electron chi connectivity index (χ2n) is 4.24. The highest BCUT2D eigenvalue weighted by molar-refractivity contribution is 5.85. The summed E-state index contributed by atoms with van der Waals surface area (Å²) in [7, 11) is 1.65. The predicted octanol–water partition coefficient (Wildman–Crippen LogP) is 3.16. The fourth-order valence-corrected chi connectivity index (χ4v) is 1.63. The standard InChI is InChI=1S/C15H16N2O2/c1-12-7-6-10-14(16-12)17(2)15(18)19-11-13-8-4-3-5-9-13/h3-10H,11H2,1-2H3. The summed E-state index contributed by atoms with van der Waals surface area (Å²) in [6.07, 6.45) is -0.415. The van der Waals surface area contributed by atoms with Crippen LogP contribution < -0.4 is 4.90 Å². The number of aromatic nitrogens is 1. The van der Waals surface area contributed by atoms with Crippen molar-refractivity contribution in [1.82, 2.24) is 4.98 Å². The summed E-state index contributed by atoms with van der Waals surface area (Å²) < 4.78 is 5.23. The minimum atomic E-state index is -0.415. The Morgan fingerprint density at radius 2 is 1.89 bits per heavy atom. The van der Waals surface area contributed by atoms with Gasteiger partial charge in [0.2, 0.25) is 0 Å². The quantitative estimate of drug-likeness (QED) is 0.847. The molecule has 0 aliphatic heterocycles. The molecule has 19 heavy (non-hydrogen) atoms. The first-order chi connectivity index (χ1) is 9.16. The van der Waals surface area contributed by atoms with Crippen molar-refractivity contribution in [1.29, 1.82) is 0 Å². The topological polar surface area (TPSA) is 42.4 Å². The van der Waals surface area contributed by atoms with E-state index in [2.05, 4.69) is 4.98 Å². The van der Waals surface area contributed by atoms with Gasteiger partial charge >= 0.3 is 6.09 Å². The predicted molar refractivity (Wildman–Crippen MR) is 74.0 cm³/mol. The number of pyridine rings is 1. The second-order valence-corrected chi connectivity index (χ2v) is 4.24. The third kappa shape index (κ3) is 3.55. The van der Waals surface area contributed by atoms with Gasteiger partial charge in [-0.15, -0.1) is 0 Å². The van der Waals surface area contributed by atoms with Gasteiger partial charge in [0, 0.05) is 12.7 Å². The minimum Gasteiger partial charge on any atom is -0.444 e. The molecule has 1 heterocycles. The maximum absolute atomic E-state index is 11.9. The summed E-state index contributed by atoms with van der Waals surface area (Å²) in [6.45, 7) is 2.14. The molecule has 1 amide bonds. The van der Waals surface area contributed by atoms with E-state index in [1.54, 1.807) is 13.1 Å². The van der Waals surface area contributed by atoms with Gasteiger partial charge in [0.05, 0.1) is 0 Å². The first-order valence-electron chi connectivity index (χ1n) is 6.05. The Morgan fingerprint density at radius 3 is 2.58 bits per heavy atom. The number of nitrogens with zero attached hydrogens (tertiary/aromatic N) is 2. The van der Waals surface area contributed by atoms with Gasteiger partial charge < -0.3 is 4.74 Å². The summed E-state index contributed by atoms with van der Waals surface area (Å²) >= 11 is 0. The van der Waals surface area contributed by atoms with Crippen LogP contribution in [0.2, 0.25) is 0 Å². The SMILES string of the molecule is Cc1cccc(N(C)C(=O)OCc2ccccc2)n1. The fourth-order valence-electron chi connectivity index (χ4n) is 1.63. The summed E-state index contributed by atoms with van der Waals surface area (Å²) in [4.78, 5) is 17.6. The summed E-state index contributed by atoms with van der Waals surface area (Å²) in [5.41, 5.74) is 1.82. The molecule has 0 radical (unpaired) electrons. The molecule has 0 saturated carbocycles. The van der Waals surface area contributed by atoms with Crippen molar-refractivity contribution < 1.29 is 9.53 Å². The zero-order chi connectivity index (χ0) is 13.7. The van der Waals surface area contributed by atoms with Gasteiger partial charge in [0.25, 0.3) is 0 Å². The lowest BCUT2D eigenvalue weighted by atomic mass is 10.2. The van der Waals surface area contributed by atoms with Gasteiger partial charge in [-0.1, -0.05) is 36.4 Å². The lowest BCUT2D eigenvalue weighted by molar-refractivity contribution is 0.148. The van der Waals surface area contributed by atoms with E-state index in [4.69, 9.17) is 4.74 Å². The monoisotopic (exact) mass is 256 g/mol. The van der Waals surface area contributed by atoms with E-state index in [-0.39, 0.29) is 6.61 Å². The first kappa shape index (κ1) is 13.1. The summed E-state index contributed by atoms with van der Waals surface area (Å²) in [6, 6.07) is 15.1. The van der Waals surface area contributed by atoms with Crippen molar-refractivity contribution in [2.75, 3.05) is 11.9 Å². The number of hydrogen-bond donors (Lipinski definition) is 0. The normalized spacial score (nSPS) is 10.0. The first-order valence-corrected chi connectivity index (χ1v) is 6.05. The highest BCUT2D eigenvalue weighted by Crippen LogP contribution is 2.11. The van der Waals surface area contributed by atoms with Gasteiger partial charge in [-0.2, -0.15) is 0 Å². The molecule has 0 aliphatic rings. The van der Waals surface area contributed by atoms with Crippen LogP contribution in [0.3, 0.4) is 0 Å². The molecular formula is C15H16N2O2. The molecule has 4 nitrogen and oxygen atoms in total. The molecule has 0 unspecified atom stereocenters. The van der Waals surface area contributed by atoms with Gasteiger partial charge in [-0.05, 0) is 24.6 Å². The number of anilines is 1. The molecular weight excluding hydrogens is 240 g/mol. The van der Waals surface area contributed by atoms with Gasteiger partial charge in [-0.3, -0.25) is 4.90 Å². The molecule has 2 rings (SSSR count). The Morgan fingerprint density at radius 1 is 1.16 bits per heavy atom. The summed E-state index contributed by atoms with van der Waals surface area (Å²) in [5.74, 6) is 0.582. The molecule has 0 fully saturated rings. The van der Waals surface area contributed by atoms with E-state index in [1.807, 2.05) is 49.4 Å². The van der Waals surface area contributed by atoms with Crippen molar-refractivity contribution in [3.8, 4) is 0 Å². The Kier molecular flexibility index (Phi) is 4.13. The Labute approximate surface area is 112 Å². The van der Waals surface area contributed by atoms with Gasteiger partial charge in [0.15, 0.2) is 0 Å². The number of rotatable bonds is 3. The minimum absolute atomic E-state index is 0.260. The van der Waals surface area contributed by atoms with Crippen molar-refractivity contribution in [3.63, 3.8) is 0 Å². The Bertz CT molecular complexity index is 555. The van der Waals surface area contributed by atoms with Crippen LogP contribution in [0.5, 0.6) is 0 Å². The molecule has 98 valence electrons. The van der Waals surface area contributed by atoms with Gasteiger partial charge in [0.1, 0.15) is 12.4 Å². The average Bonchev–Trinajstić information content (AvgIpc) is 2.45. The molecule has 4 heteroatoms. The number of hydrogen-bond acceptors (Lipinski definition) is 3.